The highest BCUT2D eigenvalue weighted by atomic mass is 16.2. The molecule has 1 aromatic heterocycles. The fourth-order valence-corrected chi connectivity index (χ4v) is 3.66. The van der Waals surface area contributed by atoms with E-state index in [0.29, 0.717) is 13.0 Å². The monoisotopic (exact) mass is 377 g/mol. The van der Waals surface area contributed by atoms with Crippen LogP contribution >= 0.6 is 0 Å². The zero-order valence-electron chi connectivity index (χ0n) is 16.3. The zero-order chi connectivity index (χ0) is 19.3. The maximum Gasteiger partial charge on any atom is 0.317 e. The lowest BCUT2D eigenvalue weighted by Gasteiger charge is -2.35. The highest BCUT2D eigenvalue weighted by Gasteiger charge is 2.21. The third-order valence-corrected chi connectivity index (χ3v) is 5.39. The van der Waals surface area contributed by atoms with E-state index in [-0.39, 0.29) is 6.03 Å². The van der Waals surface area contributed by atoms with Crippen LogP contribution in [0.4, 0.5) is 4.79 Å². The van der Waals surface area contributed by atoms with Crippen molar-refractivity contribution in [1.29, 1.82) is 0 Å². The number of nitrogens with zero attached hydrogens (tertiary/aromatic N) is 3. The second kappa shape index (κ2) is 8.44. The number of benzene rings is 2. The van der Waals surface area contributed by atoms with Gasteiger partial charge in [-0.15, -0.1) is 0 Å². The van der Waals surface area contributed by atoms with Crippen LogP contribution < -0.4 is 5.32 Å². The predicted octanol–water partition coefficient (Wildman–Crippen LogP) is 2.94. The number of carbonyl (C=O) groups excluding carboxylic acids is 1. The Bertz CT molecular complexity index is 910. The molecule has 0 atom stereocenters. The number of nitrogens with one attached hydrogen (secondary N) is 2. The van der Waals surface area contributed by atoms with E-state index in [2.05, 4.69) is 51.4 Å². The van der Waals surface area contributed by atoms with Gasteiger partial charge in [0.05, 0.1) is 11.0 Å². The minimum absolute atomic E-state index is 0.0200. The van der Waals surface area contributed by atoms with Gasteiger partial charge in [-0.25, -0.2) is 9.78 Å². The van der Waals surface area contributed by atoms with Gasteiger partial charge in [0, 0.05) is 45.7 Å². The molecule has 2 amide bonds. The number of aromatic amines is 1. The number of hydrogen-bond acceptors (Lipinski definition) is 3. The van der Waals surface area contributed by atoms with Crippen LogP contribution in [-0.4, -0.2) is 58.5 Å². The van der Waals surface area contributed by atoms with Crippen LogP contribution in [-0.2, 0) is 13.0 Å². The first-order valence-electron chi connectivity index (χ1n) is 9.92. The van der Waals surface area contributed by atoms with Crippen molar-refractivity contribution in [3.63, 3.8) is 0 Å². The molecule has 0 saturated carbocycles. The van der Waals surface area contributed by atoms with Gasteiger partial charge in [-0.2, -0.15) is 0 Å². The van der Waals surface area contributed by atoms with Crippen molar-refractivity contribution in [2.75, 3.05) is 32.7 Å². The molecule has 0 aliphatic carbocycles. The molecule has 1 aliphatic heterocycles. The minimum atomic E-state index is 0.0200. The van der Waals surface area contributed by atoms with Crippen LogP contribution in [0.25, 0.3) is 11.0 Å². The first-order chi connectivity index (χ1) is 13.7. The molecule has 1 fully saturated rings. The summed E-state index contributed by atoms with van der Waals surface area (Å²) in [6, 6.07) is 16.5. The molecule has 2 aromatic carbocycles. The maximum atomic E-state index is 12.4. The van der Waals surface area contributed by atoms with Gasteiger partial charge in [-0.05, 0) is 30.2 Å². The summed E-state index contributed by atoms with van der Waals surface area (Å²) in [4.78, 5) is 24.6. The lowest BCUT2D eigenvalue weighted by molar-refractivity contribution is 0.135. The van der Waals surface area contributed by atoms with Crippen LogP contribution in [0.3, 0.4) is 0 Å². The first kappa shape index (κ1) is 18.5. The van der Waals surface area contributed by atoms with Crippen molar-refractivity contribution in [2.45, 2.75) is 19.9 Å². The minimum Gasteiger partial charge on any atom is -0.342 e. The molecule has 1 saturated heterocycles. The number of aryl methyl sites for hydroxylation is 1. The van der Waals surface area contributed by atoms with Gasteiger partial charge in [0.15, 0.2) is 0 Å². The SMILES string of the molecule is Cc1ccccc1CN1CCN(C(=O)NCCc2nc3ccccc3[nH]2)CC1. The lowest BCUT2D eigenvalue weighted by Crippen LogP contribution is -2.51. The van der Waals surface area contributed by atoms with Crippen molar-refractivity contribution in [2.24, 2.45) is 0 Å². The molecule has 28 heavy (non-hydrogen) atoms. The summed E-state index contributed by atoms with van der Waals surface area (Å²) in [7, 11) is 0. The van der Waals surface area contributed by atoms with Gasteiger partial charge in [-0.3, -0.25) is 4.90 Å². The van der Waals surface area contributed by atoms with Gasteiger partial charge in [-0.1, -0.05) is 36.4 Å². The number of para-hydroxylation sites is 2. The number of piperazine rings is 1. The van der Waals surface area contributed by atoms with Gasteiger partial charge >= 0.3 is 6.03 Å². The molecule has 3 aromatic rings. The van der Waals surface area contributed by atoms with E-state index in [9.17, 15) is 4.79 Å². The Morgan fingerprint density at radius 3 is 2.61 bits per heavy atom. The zero-order valence-corrected chi connectivity index (χ0v) is 16.3. The van der Waals surface area contributed by atoms with Crippen molar-refractivity contribution in [1.82, 2.24) is 25.1 Å². The molecule has 0 radical (unpaired) electrons. The first-order valence-corrected chi connectivity index (χ1v) is 9.92. The molecule has 2 N–H and O–H groups in total. The number of amides is 2. The Balaban J connectivity index is 1.21. The highest BCUT2D eigenvalue weighted by molar-refractivity contribution is 5.75. The number of aromatic nitrogens is 2. The largest absolute Gasteiger partial charge is 0.342 e. The van der Waals surface area contributed by atoms with Crippen molar-refractivity contribution in [3.05, 3.63) is 65.5 Å². The number of carbonyl (C=O) groups is 1. The number of rotatable bonds is 5. The standard InChI is InChI=1S/C22H27N5O/c1-17-6-2-3-7-18(17)16-26-12-14-27(15-13-26)22(28)23-11-10-21-24-19-8-4-5-9-20(19)25-21/h2-9H,10-16H2,1H3,(H,23,28)(H,24,25). The van der Waals surface area contributed by atoms with Gasteiger partial charge in [0.1, 0.15) is 5.82 Å². The molecule has 2 heterocycles. The fraction of sp³-hybridized carbons (Fsp3) is 0.364. The third kappa shape index (κ3) is 4.34. The van der Waals surface area contributed by atoms with E-state index in [1.54, 1.807) is 0 Å². The van der Waals surface area contributed by atoms with Crippen molar-refractivity contribution < 1.29 is 4.79 Å². The summed E-state index contributed by atoms with van der Waals surface area (Å²) in [5, 5.41) is 3.03. The Hall–Kier alpha value is -2.86. The topological polar surface area (TPSA) is 64.3 Å². The Kier molecular flexibility index (Phi) is 5.58. The molecular formula is C22H27N5O. The average Bonchev–Trinajstić information content (AvgIpc) is 3.13. The third-order valence-electron chi connectivity index (χ3n) is 5.39. The molecule has 6 heteroatoms. The molecule has 6 nitrogen and oxygen atoms in total. The van der Waals surface area contributed by atoms with Crippen LogP contribution in [0.2, 0.25) is 0 Å². The molecular weight excluding hydrogens is 350 g/mol. The predicted molar refractivity (Wildman–Crippen MR) is 111 cm³/mol. The molecule has 1 aliphatic rings. The Morgan fingerprint density at radius 1 is 1.07 bits per heavy atom. The summed E-state index contributed by atoms with van der Waals surface area (Å²) in [6.07, 6.45) is 0.702. The molecule has 0 bridgehead atoms. The van der Waals surface area contributed by atoms with E-state index in [1.807, 2.05) is 29.2 Å². The number of imidazole rings is 1. The fourth-order valence-electron chi connectivity index (χ4n) is 3.66. The highest BCUT2D eigenvalue weighted by Crippen LogP contribution is 2.13. The van der Waals surface area contributed by atoms with Crippen LogP contribution in [0.1, 0.15) is 17.0 Å². The van der Waals surface area contributed by atoms with Crippen molar-refractivity contribution >= 4 is 17.1 Å². The number of hydrogen-bond donors (Lipinski definition) is 2. The molecule has 146 valence electrons. The maximum absolute atomic E-state index is 12.4. The van der Waals surface area contributed by atoms with Gasteiger partial charge in [0.2, 0.25) is 0 Å². The van der Waals surface area contributed by atoms with E-state index in [4.69, 9.17) is 0 Å². The number of fused-ring (bicyclic) bond motifs is 1. The molecule has 0 unspecified atom stereocenters. The molecule has 0 spiro atoms. The smallest absolute Gasteiger partial charge is 0.317 e. The van der Waals surface area contributed by atoms with Crippen LogP contribution in [0, 0.1) is 6.92 Å². The summed E-state index contributed by atoms with van der Waals surface area (Å²) >= 11 is 0. The summed E-state index contributed by atoms with van der Waals surface area (Å²) < 4.78 is 0. The molecule has 4 rings (SSSR count). The van der Waals surface area contributed by atoms with Gasteiger partial charge in [0.25, 0.3) is 0 Å². The average molecular weight is 377 g/mol. The number of urea groups is 1. The van der Waals surface area contributed by atoms with Crippen LogP contribution in [0.5, 0.6) is 0 Å². The second-order valence-electron chi connectivity index (χ2n) is 7.37. The Labute approximate surface area is 165 Å². The summed E-state index contributed by atoms with van der Waals surface area (Å²) in [6.45, 7) is 7.04. The van der Waals surface area contributed by atoms with Gasteiger partial charge < -0.3 is 15.2 Å². The quantitative estimate of drug-likeness (QED) is 0.719. The lowest BCUT2D eigenvalue weighted by atomic mass is 10.1. The normalized spacial score (nSPS) is 15.1. The van der Waals surface area contributed by atoms with E-state index in [0.717, 1.165) is 49.6 Å². The Morgan fingerprint density at radius 2 is 1.82 bits per heavy atom. The number of H-pyrrole nitrogens is 1. The second-order valence-corrected chi connectivity index (χ2v) is 7.37. The van der Waals surface area contributed by atoms with Crippen molar-refractivity contribution in [3.8, 4) is 0 Å². The summed E-state index contributed by atoms with van der Waals surface area (Å²) in [5.41, 5.74) is 4.70. The van der Waals surface area contributed by atoms with E-state index in [1.165, 1.54) is 11.1 Å². The van der Waals surface area contributed by atoms with E-state index >= 15 is 0 Å². The van der Waals surface area contributed by atoms with Crippen LogP contribution in [0.15, 0.2) is 48.5 Å². The summed E-state index contributed by atoms with van der Waals surface area (Å²) in [5.74, 6) is 0.907. The van der Waals surface area contributed by atoms with E-state index < -0.39 is 0 Å².